The summed E-state index contributed by atoms with van der Waals surface area (Å²) in [6.07, 6.45) is 2.54. The van der Waals surface area contributed by atoms with Crippen LogP contribution in [0.2, 0.25) is 0 Å². The predicted octanol–water partition coefficient (Wildman–Crippen LogP) is 3.56. The summed E-state index contributed by atoms with van der Waals surface area (Å²) in [5, 5.41) is 3.09. The van der Waals surface area contributed by atoms with Gasteiger partial charge in [0, 0.05) is 24.5 Å². The lowest BCUT2D eigenvalue weighted by Gasteiger charge is -2.17. The van der Waals surface area contributed by atoms with E-state index in [1.165, 1.54) is 24.6 Å². The smallest absolute Gasteiger partial charge is 0.214 e. The third kappa shape index (κ3) is 2.84. The molecule has 98 valence electrons. The van der Waals surface area contributed by atoms with E-state index in [-0.39, 0.29) is 0 Å². The van der Waals surface area contributed by atoms with Gasteiger partial charge in [0.1, 0.15) is 5.82 Å². The molecule has 3 nitrogen and oxygen atoms in total. The van der Waals surface area contributed by atoms with Crippen molar-refractivity contribution in [3.05, 3.63) is 48.4 Å². The molecule has 4 heteroatoms. The number of benzene rings is 1. The lowest BCUT2D eigenvalue weighted by atomic mass is 10.2. The maximum atomic E-state index is 13.0. The molecule has 1 aromatic carbocycles. The van der Waals surface area contributed by atoms with E-state index in [1.54, 1.807) is 12.1 Å². The van der Waals surface area contributed by atoms with Gasteiger partial charge in [-0.05, 0) is 49.2 Å². The first kappa shape index (κ1) is 12.0. The van der Waals surface area contributed by atoms with E-state index in [1.807, 2.05) is 12.1 Å². The van der Waals surface area contributed by atoms with Crippen LogP contribution in [-0.4, -0.2) is 18.1 Å². The molecule has 1 saturated heterocycles. The molecule has 1 aliphatic heterocycles. The number of nitrogens with zero attached hydrogens (tertiary/aromatic N) is 2. The largest absolute Gasteiger partial charge is 0.372 e. The van der Waals surface area contributed by atoms with E-state index in [2.05, 4.69) is 27.3 Å². The van der Waals surface area contributed by atoms with Crippen LogP contribution in [-0.2, 0) is 0 Å². The first-order chi connectivity index (χ1) is 9.31. The van der Waals surface area contributed by atoms with Crippen molar-refractivity contribution >= 4 is 17.2 Å². The minimum atomic E-state index is -0.473. The van der Waals surface area contributed by atoms with Crippen LogP contribution in [0.4, 0.5) is 21.6 Å². The summed E-state index contributed by atoms with van der Waals surface area (Å²) in [7, 11) is 0. The van der Waals surface area contributed by atoms with E-state index in [0.717, 1.165) is 18.8 Å². The SMILES string of the molecule is Fc1cccc(Nc2ccc(N3CCCC3)cc2)n1. The lowest BCUT2D eigenvalue weighted by molar-refractivity contribution is 0.585. The van der Waals surface area contributed by atoms with Crippen molar-refractivity contribution in [2.75, 3.05) is 23.3 Å². The van der Waals surface area contributed by atoms with Crippen LogP contribution in [0.1, 0.15) is 12.8 Å². The molecule has 1 N–H and O–H groups in total. The molecule has 19 heavy (non-hydrogen) atoms. The first-order valence-electron chi connectivity index (χ1n) is 6.56. The van der Waals surface area contributed by atoms with Gasteiger partial charge in [0.15, 0.2) is 0 Å². The average molecular weight is 257 g/mol. The van der Waals surface area contributed by atoms with Gasteiger partial charge in [0.05, 0.1) is 0 Å². The van der Waals surface area contributed by atoms with Gasteiger partial charge in [0.25, 0.3) is 0 Å². The molecule has 0 saturated carbocycles. The Morgan fingerprint density at radius 1 is 1.00 bits per heavy atom. The Morgan fingerprint density at radius 3 is 2.42 bits per heavy atom. The molecule has 0 unspecified atom stereocenters. The molecule has 1 aliphatic rings. The molecule has 2 heterocycles. The highest BCUT2D eigenvalue weighted by Gasteiger charge is 2.11. The molecular formula is C15H16FN3. The quantitative estimate of drug-likeness (QED) is 0.852. The second-order valence-corrected chi connectivity index (χ2v) is 4.71. The van der Waals surface area contributed by atoms with Crippen LogP contribution in [0.15, 0.2) is 42.5 Å². The zero-order valence-electron chi connectivity index (χ0n) is 10.6. The number of anilines is 3. The number of halogens is 1. The summed E-state index contributed by atoms with van der Waals surface area (Å²) in [4.78, 5) is 6.16. The summed E-state index contributed by atoms with van der Waals surface area (Å²) < 4.78 is 13.0. The molecule has 1 fully saturated rings. The van der Waals surface area contributed by atoms with Crippen molar-refractivity contribution in [3.63, 3.8) is 0 Å². The van der Waals surface area contributed by atoms with Gasteiger partial charge in [-0.15, -0.1) is 0 Å². The molecule has 0 amide bonds. The molecule has 0 spiro atoms. The average Bonchev–Trinajstić information content (AvgIpc) is 2.94. The highest BCUT2D eigenvalue weighted by molar-refractivity contribution is 5.60. The number of rotatable bonds is 3. The molecule has 0 atom stereocenters. The molecule has 0 bridgehead atoms. The minimum absolute atomic E-state index is 0.473. The lowest BCUT2D eigenvalue weighted by Crippen LogP contribution is -2.17. The standard InChI is InChI=1S/C15H16FN3/c16-14-4-3-5-15(18-14)17-12-6-8-13(9-7-12)19-10-1-2-11-19/h3-9H,1-2,10-11H2,(H,17,18). The molecule has 1 aromatic heterocycles. The van der Waals surface area contributed by atoms with Crippen molar-refractivity contribution < 1.29 is 4.39 Å². The van der Waals surface area contributed by atoms with Crippen LogP contribution in [0.3, 0.4) is 0 Å². The van der Waals surface area contributed by atoms with E-state index < -0.39 is 5.95 Å². The van der Waals surface area contributed by atoms with Crippen molar-refractivity contribution in [1.82, 2.24) is 4.98 Å². The third-order valence-corrected chi connectivity index (χ3v) is 3.33. The second kappa shape index (κ2) is 5.26. The fourth-order valence-electron chi connectivity index (χ4n) is 2.36. The molecule has 3 rings (SSSR count). The Balaban J connectivity index is 1.72. The number of nitrogens with one attached hydrogen (secondary N) is 1. The van der Waals surface area contributed by atoms with E-state index in [4.69, 9.17) is 0 Å². The van der Waals surface area contributed by atoms with Crippen molar-refractivity contribution in [1.29, 1.82) is 0 Å². The topological polar surface area (TPSA) is 28.2 Å². The normalized spacial score (nSPS) is 14.7. The van der Waals surface area contributed by atoms with Crippen LogP contribution in [0, 0.1) is 5.95 Å². The second-order valence-electron chi connectivity index (χ2n) is 4.71. The zero-order valence-corrected chi connectivity index (χ0v) is 10.6. The van der Waals surface area contributed by atoms with Crippen molar-refractivity contribution in [2.45, 2.75) is 12.8 Å². The molecule has 0 aliphatic carbocycles. The molecule has 2 aromatic rings. The van der Waals surface area contributed by atoms with E-state index >= 15 is 0 Å². The molecular weight excluding hydrogens is 241 g/mol. The fourth-order valence-corrected chi connectivity index (χ4v) is 2.36. The summed E-state index contributed by atoms with van der Waals surface area (Å²) >= 11 is 0. The minimum Gasteiger partial charge on any atom is -0.372 e. The van der Waals surface area contributed by atoms with Gasteiger partial charge in [-0.1, -0.05) is 6.07 Å². The summed E-state index contributed by atoms with van der Waals surface area (Å²) in [5.41, 5.74) is 2.16. The Kier molecular flexibility index (Phi) is 3.31. The third-order valence-electron chi connectivity index (χ3n) is 3.33. The fraction of sp³-hybridized carbons (Fsp3) is 0.267. The van der Waals surface area contributed by atoms with Crippen LogP contribution < -0.4 is 10.2 Å². The maximum Gasteiger partial charge on any atom is 0.214 e. The summed E-state index contributed by atoms with van der Waals surface area (Å²) in [5.74, 6) is 0.0487. The van der Waals surface area contributed by atoms with E-state index in [0.29, 0.717) is 5.82 Å². The summed E-state index contributed by atoms with van der Waals surface area (Å²) in [6, 6.07) is 12.9. The van der Waals surface area contributed by atoms with Gasteiger partial charge >= 0.3 is 0 Å². The maximum absolute atomic E-state index is 13.0. The van der Waals surface area contributed by atoms with Crippen molar-refractivity contribution in [3.8, 4) is 0 Å². The predicted molar refractivity (Wildman–Crippen MR) is 75.4 cm³/mol. The summed E-state index contributed by atoms with van der Waals surface area (Å²) in [6.45, 7) is 2.27. The van der Waals surface area contributed by atoms with Gasteiger partial charge in [-0.25, -0.2) is 4.98 Å². The Labute approximate surface area is 112 Å². The van der Waals surface area contributed by atoms with Crippen LogP contribution >= 0.6 is 0 Å². The van der Waals surface area contributed by atoms with Crippen molar-refractivity contribution in [2.24, 2.45) is 0 Å². The van der Waals surface area contributed by atoms with Crippen LogP contribution in [0.5, 0.6) is 0 Å². The van der Waals surface area contributed by atoms with Gasteiger partial charge < -0.3 is 10.2 Å². The highest BCUT2D eigenvalue weighted by atomic mass is 19.1. The van der Waals surface area contributed by atoms with Gasteiger partial charge in [-0.2, -0.15) is 4.39 Å². The van der Waals surface area contributed by atoms with Gasteiger partial charge in [0.2, 0.25) is 5.95 Å². The number of pyridine rings is 1. The highest BCUT2D eigenvalue weighted by Crippen LogP contribution is 2.23. The zero-order chi connectivity index (χ0) is 13.1. The number of hydrogen-bond donors (Lipinski definition) is 1. The Bertz CT molecular complexity index is 548. The Hall–Kier alpha value is -2.10. The number of hydrogen-bond acceptors (Lipinski definition) is 3. The van der Waals surface area contributed by atoms with Gasteiger partial charge in [-0.3, -0.25) is 0 Å². The van der Waals surface area contributed by atoms with Crippen LogP contribution in [0.25, 0.3) is 0 Å². The Morgan fingerprint density at radius 2 is 1.74 bits per heavy atom. The molecule has 0 radical (unpaired) electrons. The van der Waals surface area contributed by atoms with E-state index in [9.17, 15) is 4.39 Å². The monoisotopic (exact) mass is 257 g/mol. The number of aromatic nitrogens is 1. The first-order valence-corrected chi connectivity index (χ1v) is 6.56.